The summed E-state index contributed by atoms with van der Waals surface area (Å²) in [5.74, 6) is -2.59. The van der Waals surface area contributed by atoms with Crippen molar-refractivity contribution in [1.82, 2.24) is 0 Å². The molecule has 0 aliphatic carbocycles. The number of hydrogen-bond acceptors (Lipinski definition) is 5. The first-order chi connectivity index (χ1) is 14.5. The van der Waals surface area contributed by atoms with E-state index in [2.05, 4.69) is 26.0 Å². The summed E-state index contributed by atoms with van der Waals surface area (Å²) >= 11 is 9.78. The molecule has 0 fully saturated rings. The molecule has 0 saturated heterocycles. The molecule has 7 nitrogen and oxygen atoms in total. The lowest BCUT2D eigenvalue weighted by Gasteiger charge is -2.08. The summed E-state index contributed by atoms with van der Waals surface area (Å²) in [5.41, 5.74) is -0.00194. The number of carboxylic acid groups (broad SMARTS) is 1. The number of sulfonamides is 1. The predicted molar refractivity (Wildman–Crippen MR) is 120 cm³/mol. The molecule has 162 valence electrons. The van der Waals surface area contributed by atoms with Gasteiger partial charge in [-0.05, 0) is 49.4 Å². The molecule has 1 aromatic heterocycles. The van der Waals surface area contributed by atoms with Crippen molar-refractivity contribution < 1.29 is 27.5 Å². The largest absolute Gasteiger partial charge is 0.478 e. The van der Waals surface area contributed by atoms with Gasteiger partial charge >= 0.3 is 5.97 Å². The van der Waals surface area contributed by atoms with Gasteiger partial charge in [-0.1, -0.05) is 27.5 Å². The van der Waals surface area contributed by atoms with Crippen LogP contribution in [0.1, 0.15) is 24.9 Å². The lowest BCUT2D eigenvalue weighted by atomic mass is 10.2. The monoisotopic (exact) mass is 546 g/mol. The van der Waals surface area contributed by atoms with Crippen molar-refractivity contribution in [3.8, 4) is 0 Å². The molecule has 2 aromatic carbocycles. The van der Waals surface area contributed by atoms with Crippen molar-refractivity contribution in [3.05, 3.63) is 73.1 Å². The zero-order chi connectivity index (χ0) is 22.9. The Morgan fingerprint density at radius 3 is 2.52 bits per heavy atom. The molecule has 3 aromatic rings. The molecule has 3 N–H and O–H groups in total. The first-order valence-electron chi connectivity index (χ1n) is 8.40. The zero-order valence-corrected chi connectivity index (χ0v) is 19.5. The number of nitrogens with one attached hydrogen (secondary N) is 2. The van der Waals surface area contributed by atoms with Crippen molar-refractivity contribution in [3.63, 3.8) is 0 Å². The van der Waals surface area contributed by atoms with Crippen LogP contribution >= 0.6 is 38.9 Å². The maximum Gasteiger partial charge on any atom is 0.337 e. The lowest BCUT2D eigenvalue weighted by molar-refractivity contribution is 0.0698. The highest BCUT2D eigenvalue weighted by Crippen LogP contribution is 2.30. The van der Waals surface area contributed by atoms with Crippen molar-refractivity contribution >= 4 is 72.1 Å². The van der Waals surface area contributed by atoms with Crippen LogP contribution in [0.25, 0.3) is 0 Å². The molecular formula is C19H13BrClFN2O5S2. The number of carbonyl (C=O) groups excluding carboxylic acids is 1. The molecule has 0 radical (unpaired) electrons. The minimum absolute atomic E-state index is 0.0592. The number of hydrogen-bond donors (Lipinski definition) is 3. The quantitative estimate of drug-likeness (QED) is 0.384. The molecule has 0 aliphatic heterocycles. The number of aryl methyl sites for hydroxylation is 1. The number of anilines is 2. The van der Waals surface area contributed by atoms with Gasteiger partial charge in [0, 0.05) is 9.35 Å². The molecule has 1 amide bonds. The molecule has 12 heteroatoms. The van der Waals surface area contributed by atoms with Crippen LogP contribution in [0.3, 0.4) is 0 Å². The number of carbonyl (C=O) groups is 2. The molecule has 0 bridgehead atoms. The Kier molecular flexibility index (Phi) is 6.70. The number of rotatable bonds is 6. The van der Waals surface area contributed by atoms with Gasteiger partial charge in [0.05, 0.1) is 26.8 Å². The van der Waals surface area contributed by atoms with Gasteiger partial charge in [-0.3, -0.25) is 9.52 Å². The fourth-order valence-corrected chi connectivity index (χ4v) is 5.68. The van der Waals surface area contributed by atoms with E-state index in [0.29, 0.717) is 9.35 Å². The van der Waals surface area contributed by atoms with Crippen molar-refractivity contribution in [2.75, 3.05) is 10.0 Å². The summed E-state index contributed by atoms with van der Waals surface area (Å²) in [6.45, 7) is 1.52. The highest BCUT2D eigenvalue weighted by atomic mass is 79.9. The van der Waals surface area contributed by atoms with Crippen LogP contribution < -0.4 is 10.0 Å². The predicted octanol–water partition coefficient (Wildman–Crippen LogP) is 5.36. The highest BCUT2D eigenvalue weighted by Gasteiger charge is 2.24. The summed E-state index contributed by atoms with van der Waals surface area (Å²) in [6, 6.07) is 8.88. The van der Waals surface area contributed by atoms with E-state index in [-0.39, 0.29) is 31.7 Å². The van der Waals surface area contributed by atoms with Crippen LogP contribution in [0.4, 0.5) is 15.8 Å². The average Bonchev–Trinajstić information content (AvgIpc) is 3.08. The zero-order valence-electron chi connectivity index (χ0n) is 15.6. The standard InChI is InChI=1S/C19H13BrClFN2O5S2/c1-9-17(31(28,29)24-11-3-4-14(22)13(21)7-11)8-16(30-9)18(25)23-15-5-2-10(20)6-12(15)19(26)27/h2-8,24H,1H3,(H,23,25)(H,26,27). The molecule has 3 rings (SSSR count). The number of thiophene rings is 1. The number of benzene rings is 2. The first kappa shape index (κ1) is 23.2. The molecule has 0 unspecified atom stereocenters. The Balaban J connectivity index is 1.87. The minimum Gasteiger partial charge on any atom is -0.478 e. The normalized spacial score (nSPS) is 11.2. The first-order valence-corrected chi connectivity index (χ1v) is 11.9. The fourth-order valence-electron chi connectivity index (χ4n) is 2.60. The molecule has 0 spiro atoms. The van der Waals surface area contributed by atoms with E-state index in [4.69, 9.17) is 11.6 Å². The Morgan fingerprint density at radius 1 is 1.16 bits per heavy atom. The van der Waals surface area contributed by atoms with E-state index >= 15 is 0 Å². The van der Waals surface area contributed by atoms with Crippen molar-refractivity contribution in [2.24, 2.45) is 0 Å². The molecule has 0 saturated carbocycles. The van der Waals surface area contributed by atoms with Crippen LogP contribution in [0.2, 0.25) is 5.02 Å². The van der Waals surface area contributed by atoms with Crippen LogP contribution in [-0.2, 0) is 10.0 Å². The van der Waals surface area contributed by atoms with E-state index in [0.717, 1.165) is 23.5 Å². The smallest absolute Gasteiger partial charge is 0.337 e. The maximum atomic E-state index is 13.3. The molecular weight excluding hydrogens is 535 g/mol. The van der Waals surface area contributed by atoms with E-state index < -0.39 is 27.7 Å². The summed E-state index contributed by atoms with van der Waals surface area (Å²) < 4.78 is 41.6. The molecule has 0 aliphatic rings. The van der Waals surface area contributed by atoms with Crippen LogP contribution in [0.5, 0.6) is 0 Å². The topological polar surface area (TPSA) is 113 Å². The number of aromatic carboxylic acids is 1. The third kappa shape index (κ3) is 5.24. The van der Waals surface area contributed by atoms with Crippen LogP contribution in [-0.4, -0.2) is 25.4 Å². The van der Waals surface area contributed by atoms with Crippen LogP contribution in [0, 0.1) is 12.7 Å². The maximum absolute atomic E-state index is 13.3. The minimum atomic E-state index is -4.09. The van der Waals surface area contributed by atoms with Gasteiger partial charge in [-0.25, -0.2) is 17.6 Å². The Labute approximate surface area is 194 Å². The van der Waals surface area contributed by atoms with Gasteiger partial charge in [-0.15, -0.1) is 11.3 Å². The van der Waals surface area contributed by atoms with Crippen molar-refractivity contribution in [2.45, 2.75) is 11.8 Å². The number of carboxylic acids is 1. The van der Waals surface area contributed by atoms with Gasteiger partial charge in [0.2, 0.25) is 0 Å². The molecule has 0 atom stereocenters. The third-order valence-electron chi connectivity index (χ3n) is 4.02. The molecule has 1 heterocycles. The van der Waals surface area contributed by atoms with Crippen molar-refractivity contribution in [1.29, 1.82) is 0 Å². The Hall–Kier alpha value is -2.47. The highest BCUT2D eigenvalue weighted by molar-refractivity contribution is 9.10. The second kappa shape index (κ2) is 8.95. The summed E-state index contributed by atoms with van der Waals surface area (Å²) in [6.07, 6.45) is 0. The van der Waals surface area contributed by atoms with E-state index in [9.17, 15) is 27.5 Å². The Bertz CT molecular complexity index is 1310. The summed E-state index contributed by atoms with van der Waals surface area (Å²) in [5, 5.41) is 11.6. The second-order valence-corrected chi connectivity index (χ2v) is 10.4. The van der Waals surface area contributed by atoms with Gasteiger partial charge in [-0.2, -0.15) is 0 Å². The SMILES string of the molecule is Cc1sc(C(=O)Nc2ccc(Br)cc2C(=O)O)cc1S(=O)(=O)Nc1ccc(F)c(Cl)c1. The molecule has 31 heavy (non-hydrogen) atoms. The second-order valence-electron chi connectivity index (χ2n) is 6.21. The van der Waals surface area contributed by atoms with Gasteiger partial charge < -0.3 is 10.4 Å². The van der Waals surface area contributed by atoms with Gasteiger partial charge in [0.1, 0.15) is 10.7 Å². The summed E-state index contributed by atoms with van der Waals surface area (Å²) in [7, 11) is -4.09. The average molecular weight is 548 g/mol. The number of halogens is 3. The third-order valence-corrected chi connectivity index (χ3v) is 7.49. The van der Waals surface area contributed by atoms with Crippen LogP contribution in [0.15, 0.2) is 51.8 Å². The summed E-state index contributed by atoms with van der Waals surface area (Å²) in [4.78, 5) is 24.3. The van der Waals surface area contributed by atoms with Gasteiger partial charge in [0.15, 0.2) is 0 Å². The Morgan fingerprint density at radius 2 is 1.87 bits per heavy atom. The number of amides is 1. The van der Waals surface area contributed by atoms with Gasteiger partial charge in [0.25, 0.3) is 15.9 Å². The lowest BCUT2D eigenvalue weighted by Crippen LogP contribution is -2.15. The fraction of sp³-hybridized carbons (Fsp3) is 0.0526. The van der Waals surface area contributed by atoms with E-state index in [1.165, 1.54) is 31.2 Å². The van der Waals surface area contributed by atoms with E-state index in [1.807, 2.05) is 0 Å². The van der Waals surface area contributed by atoms with E-state index in [1.54, 1.807) is 6.07 Å².